The number of hydrogen-bond donors (Lipinski definition) is 1. The van der Waals surface area contributed by atoms with E-state index in [9.17, 15) is 14.1 Å². The summed E-state index contributed by atoms with van der Waals surface area (Å²) in [5.74, 6) is -1.82. The van der Waals surface area contributed by atoms with Crippen LogP contribution in [0, 0.1) is 0 Å². The molecule has 0 spiro atoms. The average Bonchev–Trinajstić information content (AvgIpc) is 2.88. The molecule has 1 saturated heterocycles. The molecule has 2 unspecified atom stereocenters. The number of carboxylic acid groups (broad SMARTS) is 1. The van der Waals surface area contributed by atoms with Crippen LogP contribution in [0.3, 0.4) is 0 Å². The van der Waals surface area contributed by atoms with Crippen molar-refractivity contribution in [1.82, 2.24) is 4.31 Å². The molecule has 0 aromatic heterocycles. The Kier molecular flexibility index (Phi) is 3.51. The normalized spacial score (nSPS) is 30.7. The Labute approximate surface area is 96.9 Å². The summed E-state index contributed by atoms with van der Waals surface area (Å²) in [7, 11) is 1.18. The molecule has 1 aliphatic rings. The maximum absolute atomic E-state index is 11.9. The van der Waals surface area contributed by atoms with Gasteiger partial charge >= 0.3 is 11.9 Å². The number of carboxylic acids is 1. The van der Waals surface area contributed by atoms with Crippen molar-refractivity contribution < 1.29 is 24.0 Å². The number of hydrogen-bond acceptors (Lipinski definition) is 5. The van der Waals surface area contributed by atoms with Crippen LogP contribution in [0.5, 0.6) is 0 Å². The molecular weight excluding hydrogens is 234 g/mol. The Balaban J connectivity index is 2.82. The summed E-state index contributed by atoms with van der Waals surface area (Å²) in [6.07, 6.45) is 0. The standard InChI is InChI=1S/C9H15NO5S/c1-9(2,3)16(14)10-5(7(11)12)6(10)8(13)15-4/h5-6H,1-4H3,(H,11,12)/t5?,6-,10?,16-/m0/s1. The van der Waals surface area contributed by atoms with Gasteiger partial charge < -0.3 is 14.4 Å². The van der Waals surface area contributed by atoms with E-state index in [4.69, 9.17) is 5.11 Å². The lowest BCUT2D eigenvalue weighted by Gasteiger charge is -2.24. The van der Waals surface area contributed by atoms with Crippen molar-refractivity contribution >= 4 is 23.3 Å². The van der Waals surface area contributed by atoms with E-state index in [0.717, 1.165) is 4.31 Å². The SMILES string of the molecule is COC(=O)[C@@H]1C(C(=O)O)N1[S@@+]([O-])C(C)(C)C. The monoisotopic (exact) mass is 249 g/mol. The molecule has 1 N–H and O–H groups in total. The first-order valence-corrected chi connectivity index (χ1v) is 5.83. The molecular formula is C9H15NO5S. The fourth-order valence-corrected chi connectivity index (χ4v) is 2.73. The Morgan fingerprint density at radius 1 is 1.38 bits per heavy atom. The number of carbonyl (C=O) groups is 2. The van der Waals surface area contributed by atoms with Gasteiger partial charge in [-0.1, -0.05) is 4.31 Å². The van der Waals surface area contributed by atoms with Crippen LogP contribution in [0.2, 0.25) is 0 Å². The Bertz CT molecular complexity index is 314. The lowest BCUT2D eigenvalue weighted by Crippen LogP contribution is -2.36. The second-order valence-electron chi connectivity index (χ2n) is 4.47. The number of carbonyl (C=O) groups excluding carboxylic acids is 1. The minimum atomic E-state index is -1.53. The molecule has 1 heterocycles. The highest BCUT2D eigenvalue weighted by Gasteiger charge is 2.67. The first-order chi connectivity index (χ1) is 7.21. The van der Waals surface area contributed by atoms with Crippen LogP contribution in [0.15, 0.2) is 0 Å². The Morgan fingerprint density at radius 3 is 2.19 bits per heavy atom. The zero-order valence-electron chi connectivity index (χ0n) is 9.59. The highest BCUT2D eigenvalue weighted by molar-refractivity contribution is 7.90. The van der Waals surface area contributed by atoms with Crippen molar-refractivity contribution in [3.63, 3.8) is 0 Å². The van der Waals surface area contributed by atoms with Crippen LogP contribution in [0.25, 0.3) is 0 Å². The van der Waals surface area contributed by atoms with Gasteiger partial charge in [0.25, 0.3) is 0 Å². The van der Waals surface area contributed by atoms with Crippen molar-refractivity contribution in [2.45, 2.75) is 37.6 Å². The summed E-state index contributed by atoms with van der Waals surface area (Å²) in [6, 6.07) is -1.96. The molecule has 0 saturated carbocycles. The van der Waals surface area contributed by atoms with Crippen molar-refractivity contribution in [2.24, 2.45) is 0 Å². The maximum Gasteiger partial charge on any atom is 0.330 e. The van der Waals surface area contributed by atoms with Gasteiger partial charge in [-0.2, -0.15) is 0 Å². The lowest BCUT2D eigenvalue weighted by atomic mass is 10.3. The number of methoxy groups -OCH3 is 1. The molecule has 0 radical (unpaired) electrons. The third kappa shape index (κ3) is 2.31. The van der Waals surface area contributed by atoms with Crippen LogP contribution in [0.4, 0.5) is 0 Å². The van der Waals surface area contributed by atoms with E-state index >= 15 is 0 Å². The van der Waals surface area contributed by atoms with Crippen molar-refractivity contribution in [1.29, 1.82) is 0 Å². The minimum Gasteiger partial charge on any atom is -0.597 e. The van der Waals surface area contributed by atoms with E-state index in [1.807, 2.05) is 0 Å². The fraction of sp³-hybridized carbons (Fsp3) is 0.778. The molecule has 1 aliphatic heterocycles. The first kappa shape index (κ1) is 13.3. The van der Waals surface area contributed by atoms with Crippen LogP contribution in [-0.2, 0) is 25.7 Å². The highest BCUT2D eigenvalue weighted by atomic mass is 32.2. The molecule has 6 nitrogen and oxygen atoms in total. The summed E-state index contributed by atoms with van der Waals surface area (Å²) < 4.78 is 17.0. The number of ether oxygens (including phenoxy) is 1. The fourth-order valence-electron chi connectivity index (χ4n) is 1.33. The predicted molar refractivity (Wildman–Crippen MR) is 57.0 cm³/mol. The van der Waals surface area contributed by atoms with Gasteiger partial charge in [0, 0.05) is 11.4 Å². The molecule has 92 valence electrons. The van der Waals surface area contributed by atoms with Gasteiger partial charge in [-0.15, -0.1) is 0 Å². The number of nitrogens with zero attached hydrogens (tertiary/aromatic N) is 1. The Hall–Kier alpha value is -0.790. The second kappa shape index (κ2) is 4.23. The molecule has 0 aromatic carbocycles. The highest BCUT2D eigenvalue weighted by Crippen LogP contribution is 2.38. The molecule has 16 heavy (non-hydrogen) atoms. The lowest BCUT2D eigenvalue weighted by molar-refractivity contribution is -0.143. The van der Waals surface area contributed by atoms with Gasteiger partial charge in [-0.3, -0.25) is 9.59 Å². The van der Waals surface area contributed by atoms with Crippen LogP contribution >= 0.6 is 0 Å². The van der Waals surface area contributed by atoms with Gasteiger partial charge in [-0.05, 0) is 20.8 Å². The molecule has 0 amide bonds. The van der Waals surface area contributed by atoms with Gasteiger partial charge in [0.1, 0.15) is 4.75 Å². The van der Waals surface area contributed by atoms with E-state index in [1.54, 1.807) is 20.8 Å². The van der Waals surface area contributed by atoms with Crippen LogP contribution in [0.1, 0.15) is 20.8 Å². The number of esters is 1. The van der Waals surface area contributed by atoms with E-state index < -0.39 is 40.1 Å². The summed E-state index contributed by atoms with van der Waals surface area (Å²) in [4.78, 5) is 22.1. The quantitative estimate of drug-likeness (QED) is 0.422. The van der Waals surface area contributed by atoms with Gasteiger partial charge in [0.05, 0.1) is 7.11 Å². The maximum atomic E-state index is 11.9. The zero-order valence-corrected chi connectivity index (χ0v) is 10.4. The minimum absolute atomic E-state index is 0.601. The summed E-state index contributed by atoms with van der Waals surface area (Å²) >= 11 is -1.53. The second-order valence-corrected chi connectivity index (χ2v) is 6.62. The zero-order chi connectivity index (χ0) is 12.7. The average molecular weight is 249 g/mol. The summed E-state index contributed by atoms with van der Waals surface area (Å²) in [5.41, 5.74) is 0. The summed E-state index contributed by atoms with van der Waals surface area (Å²) in [5, 5.41) is 8.87. The first-order valence-electron chi connectivity index (χ1n) is 4.72. The van der Waals surface area contributed by atoms with Gasteiger partial charge in [0.15, 0.2) is 12.1 Å². The van der Waals surface area contributed by atoms with Crippen molar-refractivity contribution in [3.8, 4) is 0 Å². The van der Waals surface area contributed by atoms with Gasteiger partial charge in [0.2, 0.25) is 0 Å². The molecule has 0 aromatic rings. The molecule has 1 fully saturated rings. The van der Waals surface area contributed by atoms with E-state index in [-0.39, 0.29) is 0 Å². The van der Waals surface area contributed by atoms with Crippen molar-refractivity contribution in [2.75, 3.05) is 7.11 Å². The molecule has 0 bridgehead atoms. The van der Waals surface area contributed by atoms with Crippen molar-refractivity contribution in [3.05, 3.63) is 0 Å². The number of rotatable bonds is 3. The van der Waals surface area contributed by atoms with E-state index in [2.05, 4.69) is 4.74 Å². The van der Waals surface area contributed by atoms with Crippen LogP contribution in [-0.4, -0.2) is 49.8 Å². The van der Waals surface area contributed by atoms with E-state index in [1.165, 1.54) is 7.11 Å². The summed E-state index contributed by atoms with van der Waals surface area (Å²) in [6.45, 7) is 5.15. The molecule has 4 atom stereocenters. The van der Waals surface area contributed by atoms with Crippen LogP contribution < -0.4 is 0 Å². The smallest absolute Gasteiger partial charge is 0.330 e. The Morgan fingerprint density at radius 2 is 1.88 bits per heavy atom. The third-order valence-corrected chi connectivity index (χ3v) is 4.05. The molecule has 7 heteroatoms. The molecule has 1 rings (SSSR count). The topological polar surface area (TPSA) is 89.7 Å². The number of aliphatic carboxylic acids is 1. The van der Waals surface area contributed by atoms with Gasteiger partial charge in [-0.25, -0.2) is 0 Å². The van der Waals surface area contributed by atoms with E-state index in [0.29, 0.717) is 0 Å². The molecule has 0 aliphatic carbocycles. The largest absolute Gasteiger partial charge is 0.597 e. The third-order valence-electron chi connectivity index (χ3n) is 2.17. The predicted octanol–water partition coefficient (Wildman–Crippen LogP) is -0.241.